The average Bonchev–Trinajstić information content (AvgIpc) is 3.05. The molecule has 1 unspecified atom stereocenters. The van der Waals surface area contributed by atoms with Crippen molar-refractivity contribution in [1.29, 1.82) is 0 Å². The van der Waals surface area contributed by atoms with Crippen LogP contribution >= 0.6 is 11.3 Å². The summed E-state index contributed by atoms with van der Waals surface area (Å²) < 4.78 is 0. The molecule has 0 aromatic carbocycles. The van der Waals surface area contributed by atoms with Crippen LogP contribution in [-0.2, 0) is 6.42 Å². The van der Waals surface area contributed by atoms with Gasteiger partial charge in [0.25, 0.3) is 0 Å². The summed E-state index contributed by atoms with van der Waals surface area (Å²) in [7, 11) is 0. The van der Waals surface area contributed by atoms with Crippen molar-refractivity contribution in [2.45, 2.75) is 25.3 Å². The van der Waals surface area contributed by atoms with Crippen molar-refractivity contribution >= 4 is 11.3 Å². The van der Waals surface area contributed by atoms with Gasteiger partial charge < -0.3 is 10.2 Å². The molecule has 1 saturated carbocycles. The number of nitrogens with zero attached hydrogens (tertiary/aromatic N) is 1. The number of nitrogens with one attached hydrogen (secondary N) is 1. The van der Waals surface area contributed by atoms with Crippen molar-refractivity contribution in [3.63, 3.8) is 0 Å². The number of thiophene rings is 1. The SMILES string of the molecule is c1csc(CCN2CCNC(C3CC3)C2)c1. The summed E-state index contributed by atoms with van der Waals surface area (Å²) in [5.41, 5.74) is 0. The van der Waals surface area contributed by atoms with Crippen molar-refractivity contribution < 1.29 is 0 Å². The Morgan fingerprint density at radius 1 is 1.44 bits per heavy atom. The molecule has 0 bridgehead atoms. The summed E-state index contributed by atoms with van der Waals surface area (Å²) in [5, 5.41) is 5.85. The molecule has 88 valence electrons. The maximum Gasteiger partial charge on any atom is 0.0223 e. The smallest absolute Gasteiger partial charge is 0.0223 e. The van der Waals surface area contributed by atoms with E-state index >= 15 is 0 Å². The van der Waals surface area contributed by atoms with Gasteiger partial charge in [-0.05, 0) is 36.6 Å². The van der Waals surface area contributed by atoms with Crippen molar-refractivity contribution in [3.8, 4) is 0 Å². The third-order valence-electron chi connectivity index (χ3n) is 3.74. The molecule has 16 heavy (non-hydrogen) atoms. The molecular weight excluding hydrogens is 216 g/mol. The predicted octanol–water partition coefficient (Wildman–Crippen LogP) is 1.97. The highest BCUT2D eigenvalue weighted by Gasteiger charge is 2.33. The Labute approximate surface area is 102 Å². The summed E-state index contributed by atoms with van der Waals surface area (Å²) in [6.45, 7) is 4.93. The van der Waals surface area contributed by atoms with Crippen molar-refractivity contribution in [2.24, 2.45) is 5.92 Å². The van der Waals surface area contributed by atoms with E-state index in [1.807, 2.05) is 11.3 Å². The third-order valence-corrected chi connectivity index (χ3v) is 4.67. The number of rotatable bonds is 4. The van der Waals surface area contributed by atoms with Gasteiger partial charge in [-0.1, -0.05) is 6.07 Å². The van der Waals surface area contributed by atoms with E-state index in [0.29, 0.717) is 0 Å². The highest BCUT2D eigenvalue weighted by molar-refractivity contribution is 7.09. The highest BCUT2D eigenvalue weighted by Crippen LogP contribution is 2.33. The number of hydrogen-bond acceptors (Lipinski definition) is 3. The molecule has 1 aliphatic heterocycles. The Morgan fingerprint density at radius 2 is 2.38 bits per heavy atom. The fraction of sp³-hybridized carbons (Fsp3) is 0.692. The first-order valence-electron chi connectivity index (χ1n) is 6.40. The van der Waals surface area contributed by atoms with Gasteiger partial charge in [0.05, 0.1) is 0 Å². The van der Waals surface area contributed by atoms with Crippen LogP contribution in [0.25, 0.3) is 0 Å². The summed E-state index contributed by atoms with van der Waals surface area (Å²) in [5.74, 6) is 0.990. The van der Waals surface area contributed by atoms with Crippen LogP contribution in [0.3, 0.4) is 0 Å². The van der Waals surface area contributed by atoms with Crippen LogP contribution in [0.4, 0.5) is 0 Å². The molecular formula is C13H20N2S. The topological polar surface area (TPSA) is 15.3 Å². The van der Waals surface area contributed by atoms with Crippen LogP contribution in [0.15, 0.2) is 17.5 Å². The van der Waals surface area contributed by atoms with E-state index in [0.717, 1.165) is 12.0 Å². The first-order valence-corrected chi connectivity index (χ1v) is 7.28. The van der Waals surface area contributed by atoms with E-state index < -0.39 is 0 Å². The molecule has 1 aliphatic carbocycles. The van der Waals surface area contributed by atoms with Gasteiger partial charge in [0, 0.05) is 37.1 Å². The molecule has 1 aromatic rings. The van der Waals surface area contributed by atoms with E-state index in [1.165, 1.54) is 50.3 Å². The lowest BCUT2D eigenvalue weighted by Gasteiger charge is -2.33. The van der Waals surface area contributed by atoms with Gasteiger partial charge in [-0.15, -0.1) is 11.3 Å². The summed E-state index contributed by atoms with van der Waals surface area (Å²) >= 11 is 1.89. The van der Waals surface area contributed by atoms with Crippen LogP contribution in [-0.4, -0.2) is 37.1 Å². The lowest BCUT2D eigenvalue weighted by atomic mass is 10.1. The molecule has 2 fully saturated rings. The van der Waals surface area contributed by atoms with Gasteiger partial charge in [-0.3, -0.25) is 0 Å². The Morgan fingerprint density at radius 3 is 3.12 bits per heavy atom. The number of hydrogen-bond donors (Lipinski definition) is 1. The second-order valence-corrected chi connectivity index (χ2v) is 6.06. The minimum Gasteiger partial charge on any atom is -0.311 e. The second kappa shape index (κ2) is 4.86. The quantitative estimate of drug-likeness (QED) is 0.860. The second-order valence-electron chi connectivity index (χ2n) is 5.03. The number of piperazine rings is 1. The van der Waals surface area contributed by atoms with Crippen LogP contribution in [0.1, 0.15) is 17.7 Å². The highest BCUT2D eigenvalue weighted by atomic mass is 32.1. The molecule has 0 amide bonds. The molecule has 1 aromatic heterocycles. The van der Waals surface area contributed by atoms with Gasteiger partial charge >= 0.3 is 0 Å². The van der Waals surface area contributed by atoms with Gasteiger partial charge in [-0.2, -0.15) is 0 Å². The zero-order chi connectivity index (χ0) is 10.8. The Balaban J connectivity index is 1.47. The molecule has 0 radical (unpaired) electrons. The van der Waals surface area contributed by atoms with E-state index in [1.54, 1.807) is 0 Å². The maximum atomic E-state index is 3.67. The Bertz CT molecular complexity index is 319. The first-order chi connectivity index (χ1) is 7.92. The fourth-order valence-corrected chi connectivity index (χ4v) is 3.28. The Kier molecular flexibility index (Phi) is 3.27. The van der Waals surface area contributed by atoms with Crippen LogP contribution in [0, 0.1) is 5.92 Å². The van der Waals surface area contributed by atoms with Crippen molar-refractivity contribution in [2.75, 3.05) is 26.2 Å². The van der Waals surface area contributed by atoms with Crippen LogP contribution < -0.4 is 5.32 Å². The minimum atomic E-state index is 0.789. The van der Waals surface area contributed by atoms with Gasteiger partial charge in [0.1, 0.15) is 0 Å². The summed E-state index contributed by atoms with van der Waals surface area (Å²) in [4.78, 5) is 4.17. The van der Waals surface area contributed by atoms with Crippen LogP contribution in [0.2, 0.25) is 0 Å². The monoisotopic (exact) mass is 236 g/mol. The average molecular weight is 236 g/mol. The van der Waals surface area contributed by atoms with E-state index in [-0.39, 0.29) is 0 Å². The molecule has 2 heterocycles. The van der Waals surface area contributed by atoms with Gasteiger partial charge in [0.15, 0.2) is 0 Å². The first kappa shape index (κ1) is 10.8. The lowest BCUT2D eigenvalue weighted by Crippen LogP contribution is -2.51. The third kappa shape index (κ3) is 2.65. The predicted molar refractivity (Wildman–Crippen MR) is 69.0 cm³/mol. The van der Waals surface area contributed by atoms with E-state index in [2.05, 4.69) is 27.7 Å². The van der Waals surface area contributed by atoms with Gasteiger partial charge in [0.2, 0.25) is 0 Å². The maximum absolute atomic E-state index is 3.67. The summed E-state index contributed by atoms with van der Waals surface area (Å²) in [6, 6.07) is 5.20. The molecule has 3 heteroatoms. The largest absolute Gasteiger partial charge is 0.311 e. The molecule has 2 aliphatic rings. The molecule has 1 saturated heterocycles. The van der Waals surface area contributed by atoms with Crippen LogP contribution in [0.5, 0.6) is 0 Å². The molecule has 0 spiro atoms. The fourth-order valence-electron chi connectivity index (χ4n) is 2.58. The Hall–Kier alpha value is -0.380. The van der Waals surface area contributed by atoms with E-state index in [9.17, 15) is 0 Å². The zero-order valence-corrected chi connectivity index (χ0v) is 10.5. The zero-order valence-electron chi connectivity index (χ0n) is 9.69. The standard InChI is InChI=1S/C13H20N2S/c1-2-12(16-9-1)5-7-15-8-6-14-13(10-15)11-3-4-11/h1-2,9,11,13-14H,3-8,10H2. The van der Waals surface area contributed by atoms with Crippen molar-refractivity contribution in [1.82, 2.24) is 10.2 Å². The van der Waals surface area contributed by atoms with Crippen molar-refractivity contribution in [3.05, 3.63) is 22.4 Å². The molecule has 1 N–H and O–H groups in total. The molecule has 2 nitrogen and oxygen atoms in total. The molecule has 3 rings (SSSR count). The van der Waals surface area contributed by atoms with Gasteiger partial charge in [-0.25, -0.2) is 0 Å². The lowest BCUT2D eigenvalue weighted by molar-refractivity contribution is 0.191. The normalized spacial score (nSPS) is 27.1. The summed E-state index contributed by atoms with van der Waals surface area (Å²) in [6.07, 6.45) is 4.14. The molecule has 1 atom stereocenters. The minimum absolute atomic E-state index is 0.789. The van der Waals surface area contributed by atoms with E-state index in [4.69, 9.17) is 0 Å².